The van der Waals surface area contributed by atoms with E-state index in [9.17, 15) is 9.59 Å². The molecule has 0 saturated heterocycles. The molecule has 1 atom stereocenters. The number of ether oxygens (including phenoxy) is 2. The van der Waals surface area contributed by atoms with Crippen LogP contribution < -0.4 is 19.7 Å². The lowest BCUT2D eigenvalue weighted by Gasteiger charge is -2.33. The van der Waals surface area contributed by atoms with E-state index in [4.69, 9.17) is 9.47 Å². The van der Waals surface area contributed by atoms with Gasteiger partial charge in [0.05, 0.1) is 12.3 Å². The molecule has 1 unspecified atom stereocenters. The molecule has 1 aliphatic rings. The van der Waals surface area contributed by atoms with Crippen molar-refractivity contribution >= 4 is 23.2 Å². The van der Waals surface area contributed by atoms with Crippen LogP contribution in [0.4, 0.5) is 11.4 Å². The van der Waals surface area contributed by atoms with Crippen molar-refractivity contribution in [1.82, 2.24) is 0 Å². The predicted molar refractivity (Wildman–Crippen MR) is 118 cm³/mol. The Kier molecular flexibility index (Phi) is 7.71. The maximum Gasteiger partial charge on any atom is 0.267 e. The number of fused-ring (bicyclic) bond motifs is 1. The first kappa shape index (κ1) is 21.7. The van der Waals surface area contributed by atoms with Gasteiger partial charge in [-0.1, -0.05) is 38.0 Å². The van der Waals surface area contributed by atoms with E-state index in [0.717, 1.165) is 30.7 Å². The van der Waals surface area contributed by atoms with Gasteiger partial charge in [-0.25, -0.2) is 0 Å². The summed E-state index contributed by atoms with van der Waals surface area (Å²) in [6.07, 6.45) is 3.57. The summed E-state index contributed by atoms with van der Waals surface area (Å²) in [5.74, 6) is 1.35. The molecule has 0 radical (unpaired) electrons. The number of anilines is 2. The van der Waals surface area contributed by atoms with Gasteiger partial charge in [-0.2, -0.15) is 0 Å². The summed E-state index contributed by atoms with van der Waals surface area (Å²) in [7, 11) is 0. The van der Waals surface area contributed by atoms with Crippen molar-refractivity contribution in [3.63, 3.8) is 0 Å². The molecule has 2 aromatic carbocycles. The Balaban J connectivity index is 1.56. The monoisotopic (exact) mass is 410 g/mol. The molecule has 6 heteroatoms. The van der Waals surface area contributed by atoms with Crippen LogP contribution in [0.3, 0.4) is 0 Å². The lowest BCUT2D eigenvalue weighted by Crippen LogP contribution is -2.44. The molecular weight excluding hydrogens is 380 g/mol. The highest BCUT2D eigenvalue weighted by Gasteiger charge is 2.31. The van der Waals surface area contributed by atoms with Crippen LogP contribution in [0.1, 0.15) is 46.0 Å². The Hall–Kier alpha value is -3.02. The van der Waals surface area contributed by atoms with Gasteiger partial charge in [0.15, 0.2) is 6.10 Å². The number of para-hydroxylation sites is 1. The lowest BCUT2D eigenvalue weighted by molar-refractivity contribution is -0.125. The van der Waals surface area contributed by atoms with E-state index in [1.54, 1.807) is 11.8 Å². The topological polar surface area (TPSA) is 67.9 Å². The maximum absolute atomic E-state index is 12.6. The molecule has 160 valence electrons. The number of carbonyl (C=O) groups excluding carboxylic acids is 2. The highest BCUT2D eigenvalue weighted by molar-refractivity contribution is 6.01. The van der Waals surface area contributed by atoms with Crippen LogP contribution in [-0.2, 0) is 9.59 Å². The van der Waals surface area contributed by atoms with E-state index in [-0.39, 0.29) is 11.8 Å². The molecule has 1 N–H and O–H groups in total. The average molecular weight is 411 g/mol. The van der Waals surface area contributed by atoms with E-state index < -0.39 is 6.10 Å². The molecule has 0 bridgehead atoms. The second kappa shape index (κ2) is 10.7. The smallest absolute Gasteiger partial charge is 0.267 e. The lowest BCUT2D eigenvalue weighted by atomic mass is 10.1. The Morgan fingerprint density at radius 3 is 2.70 bits per heavy atom. The number of unbranched alkanes of at least 4 members (excludes halogenated alkanes) is 2. The summed E-state index contributed by atoms with van der Waals surface area (Å²) < 4.78 is 11.4. The quantitative estimate of drug-likeness (QED) is 0.572. The first-order chi connectivity index (χ1) is 14.6. The fraction of sp³-hybridized carbons (Fsp3) is 0.417. The summed E-state index contributed by atoms with van der Waals surface area (Å²) in [6.45, 7) is 5.04. The number of hydrogen-bond donors (Lipinski definition) is 1. The van der Waals surface area contributed by atoms with Crippen LogP contribution in [0.25, 0.3) is 0 Å². The first-order valence-electron chi connectivity index (χ1n) is 10.7. The number of hydrogen-bond acceptors (Lipinski definition) is 4. The third-order valence-corrected chi connectivity index (χ3v) is 5.00. The standard InChI is InChI=1S/C24H30N2O4/c1-3-4-8-15-26-21-17-19(13-14-22(21)30-18(2)24(26)28)25-23(27)12-9-16-29-20-10-6-5-7-11-20/h5-7,10-11,13-14,17-18H,3-4,8-9,12,15-16H2,1-2H3,(H,25,27). The zero-order valence-electron chi connectivity index (χ0n) is 17.7. The molecule has 0 aliphatic carbocycles. The van der Waals surface area contributed by atoms with Gasteiger partial charge in [0.2, 0.25) is 5.91 Å². The van der Waals surface area contributed by atoms with Crippen molar-refractivity contribution in [3.05, 3.63) is 48.5 Å². The van der Waals surface area contributed by atoms with Gasteiger partial charge in [-0.05, 0) is 50.1 Å². The summed E-state index contributed by atoms with van der Waals surface area (Å²) in [4.78, 5) is 26.7. The van der Waals surface area contributed by atoms with Gasteiger partial charge in [0, 0.05) is 18.7 Å². The second-order valence-corrected chi connectivity index (χ2v) is 7.45. The van der Waals surface area contributed by atoms with Gasteiger partial charge in [0.25, 0.3) is 5.91 Å². The molecule has 3 rings (SSSR count). The zero-order valence-corrected chi connectivity index (χ0v) is 17.7. The molecule has 30 heavy (non-hydrogen) atoms. The highest BCUT2D eigenvalue weighted by atomic mass is 16.5. The van der Waals surface area contributed by atoms with E-state index >= 15 is 0 Å². The van der Waals surface area contributed by atoms with Crippen LogP contribution in [0.5, 0.6) is 11.5 Å². The Morgan fingerprint density at radius 2 is 1.93 bits per heavy atom. The zero-order chi connectivity index (χ0) is 21.3. The van der Waals surface area contributed by atoms with Crippen molar-refractivity contribution < 1.29 is 19.1 Å². The molecule has 1 aliphatic heterocycles. The Bertz CT molecular complexity index is 854. The van der Waals surface area contributed by atoms with E-state index in [1.807, 2.05) is 48.5 Å². The molecule has 2 aromatic rings. The van der Waals surface area contributed by atoms with E-state index in [1.165, 1.54) is 0 Å². The summed E-state index contributed by atoms with van der Waals surface area (Å²) in [5, 5.41) is 2.92. The van der Waals surface area contributed by atoms with Crippen molar-refractivity contribution in [2.45, 2.75) is 52.1 Å². The minimum Gasteiger partial charge on any atom is -0.494 e. The molecule has 0 fully saturated rings. The normalized spacial score (nSPS) is 15.3. The van der Waals surface area contributed by atoms with Gasteiger partial charge in [0.1, 0.15) is 11.5 Å². The van der Waals surface area contributed by atoms with Crippen molar-refractivity contribution in [1.29, 1.82) is 0 Å². The minimum atomic E-state index is -0.496. The Morgan fingerprint density at radius 1 is 1.13 bits per heavy atom. The van der Waals surface area contributed by atoms with E-state index in [2.05, 4.69) is 12.2 Å². The number of nitrogens with zero attached hydrogens (tertiary/aromatic N) is 1. The highest BCUT2D eigenvalue weighted by Crippen LogP contribution is 2.36. The third kappa shape index (κ3) is 5.75. The summed E-state index contributed by atoms with van der Waals surface area (Å²) in [6, 6.07) is 15.0. The fourth-order valence-corrected chi connectivity index (χ4v) is 3.40. The number of benzene rings is 2. The molecule has 0 spiro atoms. The second-order valence-electron chi connectivity index (χ2n) is 7.45. The third-order valence-electron chi connectivity index (χ3n) is 5.00. The van der Waals surface area contributed by atoms with Crippen molar-refractivity contribution in [2.24, 2.45) is 0 Å². The van der Waals surface area contributed by atoms with Crippen LogP contribution in [0.2, 0.25) is 0 Å². The van der Waals surface area contributed by atoms with Crippen molar-refractivity contribution in [2.75, 3.05) is 23.4 Å². The van der Waals surface area contributed by atoms with Crippen LogP contribution in [0, 0.1) is 0 Å². The number of nitrogens with one attached hydrogen (secondary N) is 1. The fourth-order valence-electron chi connectivity index (χ4n) is 3.40. The molecule has 0 saturated carbocycles. The summed E-state index contributed by atoms with van der Waals surface area (Å²) in [5.41, 5.74) is 1.38. The van der Waals surface area contributed by atoms with Crippen molar-refractivity contribution in [3.8, 4) is 11.5 Å². The summed E-state index contributed by atoms with van der Waals surface area (Å²) >= 11 is 0. The minimum absolute atomic E-state index is 0.0415. The van der Waals surface area contributed by atoms with Crippen LogP contribution in [0.15, 0.2) is 48.5 Å². The van der Waals surface area contributed by atoms with E-state index in [0.29, 0.717) is 37.4 Å². The van der Waals surface area contributed by atoms with Gasteiger partial charge >= 0.3 is 0 Å². The first-order valence-corrected chi connectivity index (χ1v) is 10.7. The molecular formula is C24H30N2O4. The molecule has 2 amide bonds. The molecule has 0 aromatic heterocycles. The van der Waals surface area contributed by atoms with Crippen LogP contribution >= 0.6 is 0 Å². The molecule has 1 heterocycles. The number of carbonyl (C=O) groups is 2. The number of rotatable bonds is 10. The predicted octanol–water partition coefficient (Wildman–Crippen LogP) is 4.79. The van der Waals surface area contributed by atoms with Gasteiger partial charge in [-0.15, -0.1) is 0 Å². The number of amides is 2. The largest absolute Gasteiger partial charge is 0.494 e. The molecule has 6 nitrogen and oxygen atoms in total. The maximum atomic E-state index is 12.6. The van der Waals surface area contributed by atoms with Gasteiger partial charge < -0.3 is 19.7 Å². The van der Waals surface area contributed by atoms with Crippen LogP contribution in [-0.4, -0.2) is 31.1 Å². The van der Waals surface area contributed by atoms with Gasteiger partial charge in [-0.3, -0.25) is 9.59 Å². The Labute approximate surface area is 178 Å². The SMILES string of the molecule is CCCCCN1C(=O)C(C)Oc2ccc(NC(=O)CCCOc3ccccc3)cc21. The average Bonchev–Trinajstić information content (AvgIpc) is 2.75.